The third kappa shape index (κ3) is 24.5. The molecular formula is C24H56N2O5Ru. The van der Waals surface area contributed by atoms with E-state index in [1.807, 2.05) is 0 Å². The molecule has 200 valence electrons. The van der Waals surface area contributed by atoms with Gasteiger partial charge in [0.15, 0.2) is 0 Å². The summed E-state index contributed by atoms with van der Waals surface area (Å²) in [5.74, 6) is 0. The topological polar surface area (TPSA) is 97.3 Å². The van der Waals surface area contributed by atoms with Gasteiger partial charge >= 0.3 is 32.8 Å². The average Bonchev–Trinajstić information content (AvgIpc) is 2.62. The van der Waals surface area contributed by atoms with Gasteiger partial charge in [-0.25, -0.2) is 0 Å². The summed E-state index contributed by atoms with van der Waals surface area (Å²) >= 11 is -7.72. The first-order valence-electron chi connectivity index (χ1n) is 12.9. The molecule has 7 nitrogen and oxygen atoms in total. The van der Waals surface area contributed by atoms with Crippen LogP contribution in [0.5, 0.6) is 0 Å². The van der Waals surface area contributed by atoms with Gasteiger partial charge in [0.2, 0.25) is 0 Å². The second-order valence-corrected chi connectivity index (χ2v) is 12.0. The molecule has 0 fully saturated rings. The normalized spacial score (nSPS) is 13.2. The fourth-order valence-electron chi connectivity index (χ4n) is 5.14. The van der Waals surface area contributed by atoms with Gasteiger partial charge in [-0.2, -0.15) is 0 Å². The van der Waals surface area contributed by atoms with Gasteiger partial charge in [0.25, 0.3) is 0 Å². The summed E-state index contributed by atoms with van der Waals surface area (Å²) in [7, 11) is 0. The first-order chi connectivity index (χ1) is 14.7. The van der Waals surface area contributed by atoms with Gasteiger partial charge in [0, 0.05) is 0 Å². The molecule has 8 heteroatoms. The molecule has 0 spiro atoms. The third-order valence-corrected chi connectivity index (χ3v) is 5.58. The van der Waals surface area contributed by atoms with E-state index in [9.17, 15) is 0 Å². The van der Waals surface area contributed by atoms with Crippen molar-refractivity contribution in [3.8, 4) is 0 Å². The molecule has 0 unspecified atom stereocenters. The van der Waals surface area contributed by atoms with E-state index in [1.165, 1.54) is 113 Å². The van der Waals surface area contributed by atoms with Crippen LogP contribution in [0.3, 0.4) is 0 Å². The first kappa shape index (κ1) is 36.4. The Balaban J connectivity index is -0.000000422. The molecule has 0 rings (SSSR count). The van der Waals surface area contributed by atoms with Crippen LogP contribution in [0.1, 0.15) is 107 Å². The average molecular weight is 554 g/mol. The molecule has 0 aromatic carbocycles. The van der Waals surface area contributed by atoms with Crippen molar-refractivity contribution >= 4 is 0 Å². The molecule has 0 radical (unpaired) electrons. The molecular weight excluding hydrogens is 497 g/mol. The summed E-state index contributed by atoms with van der Waals surface area (Å²) in [5, 5.41) is 0. The SMILES string of the molecule is CCC[N+](CCC)(CCC)CCC.CCC[N+](CCC)(CCC)CCC.[O]=[Ru](=[O])(=[O])([O-])[O-]. The van der Waals surface area contributed by atoms with Crippen molar-refractivity contribution in [2.75, 3.05) is 52.4 Å². The zero-order valence-electron chi connectivity index (χ0n) is 22.6. The van der Waals surface area contributed by atoms with E-state index < -0.39 is 14.2 Å². The molecule has 0 amide bonds. The van der Waals surface area contributed by atoms with Gasteiger partial charge in [-0.05, 0) is 51.4 Å². The van der Waals surface area contributed by atoms with Gasteiger partial charge in [-0.1, -0.05) is 55.4 Å². The van der Waals surface area contributed by atoms with Crippen LogP contribution in [0.2, 0.25) is 0 Å². The first-order valence-corrected chi connectivity index (χ1v) is 16.5. The van der Waals surface area contributed by atoms with Gasteiger partial charge < -0.3 is 8.97 Å². The maximum absolute atomic E-state index is 8.64. The molecule has 0 aromatic heterocycles. The van der Waals surface area contributed by atoms with E-state index in [2.05, 4.69) is 55.4 Å². The molecule has 0 aliphatic rings. The Morgan fingerprint density at radius 3 is 0.562 bits per heavy atom. The maximum atomic E-state index is 8.64. The van der Waals surface area contributed by atoms with E-state index in [0.29, 0.717) is 0 Å². The van der Waals surface area contributed by atoms with Gasteiger partial charge in [-0.3, -0.25) is 0 Å². The predicted molar refractivity (Wildman–Crippen MR) is 124 cm³/mol. The van der Waals surface area contributed by atoms with Crippen LogP contribution in [0.15, 0.2) is 0 Å². The van der Waals surface area contributed by atoms with Gasteiger partial charge in [0.1, 0.15) is 0 Å². The Kier molecular flexibility index (Phi) is 21.9. The summed E-state index contributed by atoms with van der Waals surface area (Å²) in [6.07, 6.45) is 10.7. The molecule has 0 aliphatic heterocycles. The standard InChI is InChI=1S/2C12H28N.5O.Ru/c2*1-5-9-13(10-6-2,11-7-3)12-8-4;;;;;;/h2*5-12H2,1-4H3;;;;;;/q2*+1;;;;2*-1;. The Hall–Kier alpha value is -0.137. The molecule has 0 N–H and O–H groups in total. The number of hydrogen-bond acceptors (Lipinski definition) is 5. The summed E-state index contributed by atoms with van der Waals surface area (Å²) in [5.41, 5.74) is 0. The van der Waals surface area contributed by atoms with Crippen molar-refractivity contribution in [2.24, 2.45) is 0 Å². The monoisotopic (exact) mass is 554 g/mol. The van der Waals surface area contributed by atoms with E-state index >= 15 is 0 Å². The van der Waals surface area contributed by atoms with Crippen molar-refractivity contribution in [3.05, 3.63) is 0 Å². The van der Waals surface area contributed by atoms with Crippen LogP contribution in [0.4, 0.5) is 0 Å². The molecule has 0 saturated carbocycles. The minimum absolute atomic E-state index is 1.33. The molecule has 32 heavy (non-hydrogen) atoms. The van der Waals surface area contributed by atoms with Crippen LogP contribution in [-0.2, 0) is 24.9 Å². The molecule has 0 aliphatic carbocycles. The minimum atomic E-state index is -7.72. The third-order valence-electron chi connectivity index (χ3n) is 5.58. The molecule has 0 heterocycles. The fourth-order valence-corrected chi connectivity index (χ4v) is 5.14. The Labute approximate surface area is 200 Å². The van der Waals surface area contributed by atoms with Crippen molar-refractivity contribution < 1.29 is 41.7 Å². The zero-order chi connectivity index (χ0) is 25.8. The summed E-state index contributed by atoms with van der Waals surface area (Å²) in [6, 6.07) is 0. The van der Waals surface area contributed by atoms with Crippen LogP contribution >= 0.6 is 0 Å². The molecule has 0 bridgehead atoms. The van der Waals surface area contributed by atoms with Crippen LogP contribution < -0.4 is 7.87 Å². The van der Waals surface area contributed by atoms with Crippen molar-refractivity contribution in [2.45, 2.75) is 107 Å². The Bertz CT molecular complexity index is 505. The fraction of sp³-hybridized carbons (Fsp3) is 1.00. The molecule has 0 saturated heterocycles. The number of quaternary nitrogens is 2. The summed E-state index contributed by atoms with van der Waals surface area (Å²) in [4.78, 5) is 0. The van der Waals surface area contributed by atoms with E-state index in [4.69, 9.17) is 18.6 Å². The van der Waals surface area contributed by atoms with Crippen molar-refractivity contribution in [1.82, 2.24) is 0 Å². The quantitative estimate of drug-likeness (QED) is 0.211. The Morgan fingerprint density at radius 2 is 0.500 bits per heavy atom. The van der Waals surface area contributed by atoms with Crippen LogP contribution in [0.25, 0.3) is 0 Å². The summed E-state index contributed by atoms with van der Waals surface area (Å²) in [6.45, 7) is 29.6. The Morgan fingerprint density at radius 1 is 0.406 bits per heavy atom. The van der Waals surface area contributed by atoms with Crippen molar-refractivity contribution in [1.29, 1.82) is 0 Å². The van der Waals surface area contributed by atoms with E-state index in [0.717, 1.165) is 0 Å². The van der Waals surface area contributed by atoms with E-state index in [-0.39, 0.29) is 0 Å². The number of hydrogen-bond donors (Lipinski definition) is 0. The second kappa shape index (κ2) is 19.2. The van der Waals surface area contributed by atoms with Gasteiger partial charge in [-0.15, -0.1) is 0 Å². The molecule has 0 aromatic rings. The zero-order valence-corrected chi connectivity index (χ0v) is 24.3. The van der Waals surface area contributed by atoms with Crippen LogP contribution in [0, 0.1) is 0 Å². The number of nitrogens with zero attached hydrogens (tertiary/aromatic N) is 2. The summed E-state index contributed by atoms with van der Waals surface area (Å²) < 4.78 is 45.9. The predicted octanol–water partition coefficient (Wildman–Crippen LogP) is 4.15. The van der Waals surface area contributed by atoms with E-state index in [1.54, 1.807) is 0 Å². The van der Waals surface area contributed by atoms with Crippen molar-refractivity contribution in [3.63, 3.8) is 0 Å². The van der Waals surface area contributed by atoms with Gasteiger partial charge in [0.05, 0.1) is 52.4 Å². The number of rotatable bonds is 16. The molecule has 0 atom stereocenters. The second-order valence-electron chi connectivity index (χ2n) is 9.06. The van der Waals surface area contributed by atoms with Crippen LogP contribution in [-0.4, -0.2) is 61.3 Å².